The fourth-order valence-corrected chi connectivity index (χ4v) is 2.46. The fraction of sp³-hybridized carbons (Fsp3) is 0.385. The number of likely N-dealkylation sites (N-methyl/N-ethyl adjacent to an activating group) is 1. The number of halogens is 4. The smallest absolute Gasteiger partial charge is 0.433 e. The topological polar surface area (TPSA) is 47.4 Å². The molecule has 0 saturated carbocycles. The van der Waals surface area contributed by atoms with Crippen LogP contribution in [0, 0.1) is 0 Å². The second-order valence-electron chi connectivity index (χ2n) is 4.54. The van der Waals surface area contributed by atoms with Gasteiger partial charge in [0.05, 0.1) is 13.2 Å². The van der Waals surface area contributed by atoms with E-state index in [2.05, 4.69) is 21.0 Å². The summed E-state index contributed by atoms with van der Waals surface area (Å²) < 4.78 is 45.8. The Morgan fingerprint density at radius 3 is 2.68 bits per heavy atom. The zero-order valence-corrected chi connectivity index (χ0v) is 13.4. The Balaban J connectivity index is 2.52. The minimum atomic E-state index is -4.64. The van der Waals surface area contributed by atoms with E-state index in [0.717, 1.165) is 4.48 Å². The van der Waals surface area contributed by atoms with Crippen molar-refractivity contribution in [3.8, 4) is 0 Å². The molecule has 0 fully saturated rings. The van der Waals surface area contributed by atoms with Gasteiger partial charge in [-0.15, -0.1) is 0 Å². The second kappa shape index (κ2) is 6.15. The lowest BCUT2D eigenvalue weighted by Crippen LogP contribution is -2.27. The number of carbonyl (C=O) groups excluding carboxylic acids is 1. The molecule has 1 aliphatic heterocycles. The van der Waals surface area contributed by atoms with E-state index in [4.69, 9.17) is 4.74 Å². The number of alkyl halides is 3. The highest BCUT2D eigenvalue weighted by atomic mass is 79.9. The van der Waals surface area contributed by atoms with Crippen LogP contribution in [0.3, 0.4) is 0 Å². The molecule has 1 aromatic heterocycles. The molecule has 22 heavy (non-hydrogen) atoms. The van der Waals surface area contributed by atoms with Gasteiger partial charge in [-0.2, -0.15) is 18.3 Å². The lowest BCUT2D eigenvalue weighted by Gasteiger charge is -2.26. The Morgan fingerprint density at radius 2 is 2.14 bits per heavy atom. The van der Waals surface area contributed by atoms with Gasteiger partial charge < -0.3 is 9.64 Å². The Labute approximate surface area is 133 Å². The SMILES string of the molecule is CCOC(=O)c1cc(C(F)(F)F)n(C2=CC=C(Br)CN2C)n1. The summed E-state index contributed by atoms with van der Waals surface area (Å²) in [6.45, 7) is 2.03. The summed E-state index contributed by atoms with van der Waals surface area (Å²) in [5.41, 5.74) is -1.41. The number of rotatable bonds is 3. The summed E-state index contributed by atoms with van der Waals surface area (Å²) in [7, 11) is 1.63. The number of hydrogen-bond acceptors (Lipinski definition) is 4. The highest BCUT2D eigenvalue weighted by molar-refractivity contribution is 9.11. The van der Waals surface area contributed by atoms with Gasteiger partial charge in [-0.3, -0.25) is 0 Å². The van der Waals surface area contributed by atoms with E-state index in [1.165, 1.54) is 6.08 Å². The van der Waals surface area contributed by atoms with Crippen LogP contribution in [0.15, 0.2) is 22.7 Å². The summed E-state index contributed by atoms with van der Waals surface area (Å²) >= 11 is 3.28. The van der Waals surface area contributed by atoms with Crippen LogP contribution in [0.25, 0.3) is 5.82 Å². The van der Waals surface area contributed by atoms with Crippen LogP contribution in [0.2, 0.25) is 0 Å². The molecule has 2 heterocycles. The number of carbonyl (C=O) groups is 1. The third-order valence-electron chi connectivity index (χ3n) is 2.89. The van der Waals surface area contributed by atoms with Gasteiger partial charge in [-0.1, -0.05) is 15.9 Å². The zero-order chi connectivity index (χ0) is 16.5. The van der Waals surface area contributed by atoms with E-state index < -0.39 is 17.8 Å². The van der Waals surface area contributed by atoms with Crippen molar-refractivity contribution < 1.29 is 22.7 Å². The molecule has 9 heteroatoms. The number of allylic oxidation sites excluding steroid dienone is 2. The van der Waals surface area contributed by atoms with Crippen molar-refractivity contribution in [3.05, 3.63) is 34.1 Å². The molecule has 0 aromatic carbocycles. The first-order valence-electron chi connectivity index (χ1n) is 6.36. The zero-order valence-electron chi connectivity index (χ0n) is 11.8. The quantitative estimate of drug-likeness (QED) is 0.757. The van der Waals surface area contributed by atoms with E-state index in [1.54, 1.807) is 24.9 Å². The van der Waals surface area contributed by atoms with Gasteiger partial charge in [0, 0.05) is 17.6 Å². The van der Waals surface area contributed by atoms with Crippen LogP contribution in [-0.4, -0.2) is 40.8 Å². The normalized spacial score (nSPS) is 15.5. The predicted octanol–water partition coefficient (Wildman–Crippen LogP) is 3.10. The summed E-state index contributed by atoms with van der Waals surface area (Å²) in [6, 6.07) is 0.694. The van der Waals surface area contributed by atoms with Gasteiger partial charge in [-0.25, -0.2) is 9.48 Å². The maximum atomic E-state index is 13.2. The maximum absolute atomic E-state index is 13.2. The Morgan fingerprint density at radius 1 is 1.45 bits per heavy atom. The maximum Gasteiger partial charge on any atom is 0.433 e. The standard InChI is InChI=1S/C13H13BrF3N3O2/c1-3-22-12(21)9-6-10(13(15,16)17)20(18-9)11-5-4-8(14)7-19(11)2/h4-6H,3,7H2,1-2H3. The highest BCUT2D eigenvalue weighted by Gasteiger charge is 2.38. The Hall–Kier alpha value is -1.77. The second-order valence-corrected chi connectivity index (χ2v) is 5.56. The number of aromatic nitrogens is 2. The van der Waals surface area contributed by atoms with Crippen LogP contribution < -0.4 is 0 Å². The molecule has 120 valence electrons. The van der Waals surface area contributed by atoms with Crippen molar-refractivity contribution >= 4 is 27.7 Å². The summed E-state index contributed by atoms with van der Waals surface area (Å²) in [6.07, 6.45) is -1.51. The third-order valence-corrected chi connectivity index (χ3v) is 3.41. The number of esters is 1. The lowest BCUT2D eigenvalue weighted by atomic mass is 10.3. The molecule has 1 aromatic rings. The Bertz CT molecular complexity index is 649. The minimum Gasteiger partial charge on any atom is -0.461 e. The van der Waals surface area contributed by atoms with Crippen molar-refractivity contribution in [1.82, 2.24) is 14.7 Å². The molecule has 2 rings (SSSR count). The highest BCUT2D eigenvalue weighted by Crippen LogP contribution is 2.33. The third kappa shape index (κ3) is 3.34. The van der Waals surface area contributed by atoms with Gasteiger partial charge >= 0.3 is 12.1 Å². The first-order chi connectivity index (χ1) is 10.2. The van der Waals surface area contributed by atoms with E-state index in [0.29, 0.717) is 17.3 Å². The molecular formula is C13H13BrF3N3O2. The molecule has 0 spiro atoms. The molecule has 0 unspecified atom stereocenters. The summed E-state index contributed by atoms with van der Waals surface area (Å²) in [5, 5.41) is 3.76. The summed E-state index contributed by atoms with van der Waals surface area (Å²) in [4.78, 5) is 13.2. The Kier molecular flexibility index (Phi) is 4.64. The average molecular weight is 380 g/mol. The first kappa shape index (κ1) is 16.6. The molecular weight excluding hydrogens is 367 g/mol. The molecule has 0 radical (unpaired) electrons. The predicted molar refractivity (Wildman–Crippen MR) is 77.1 cm³/mol. The van der Waals surface area contributed by atoms with Crippen LogP contribution in [0.1, 0.15) is 23.1 Å². The molecule has 0 N–H and O–H groups in total. The lowest BCUT2D eigenvalue weighted by molar-refractivity contribution is -0.142. The minimum absolute atomic E-state index is 0.0608. The average Bonchev–Trinajstić information content (AvgIpc) is 2.84. The van der Waals surface area contributed by atoms with Crippen LogP contribution in [0.4, 0.5) is 13.2 Å². The molecule has 1 aliphatic rings. The molecule has 5 nitrogen and oxygen atoms in total. The number of hydrogen-bond donors (Lipinski definition) is 0. The van der Waals surface area contributed by atoms with Gasteiger partial charge in [-0.05, 0) is 19.1 Å². The monoisotopic (exact) mass is 379 g/mol. The van der Waals surface area contributed by atoms with Crippen molar-refractivity contribution in [1.29, 1.82) is 0 Å². The van der Waals surface area contributed by atoms with Crippen molar-refractivity contribution in [2.75, 3.05) is 20.2 Å². The molecule has 0 saturated heterocycles. The molecule has 0 bridgehead atoms. The van der Waals surface area contributed by atoms with Crippen molar-refractivity contribution in [2.45, 2.75) is 13.1 Å². The van der Waals surface area contributed by atoms with Crippen molar-refractivity contribution in [3.63, 3.8) is 0 Å². The molecule has 0 aliphatic carbocycles. The van der Waals surface area contributed by atoms with Crippen molar-refractivity contribution in [2.24, 2.45) is 0 Å². The first-order valence-corrected chi connectivity index (χ1v) is 7.15. The van der Waals surface area contributed by atoms with Crippen LogP contribution in [0.5, 0.6) is 0 Å². The van der Waals surface area contributed by atoms with E-state index in [1.807, 2.05) is 0 Å². The summed E-state index contributed by atoms with van der Waals surface area (Å²) in [5.74, 6) is -0.673. The van der Waals surface area contributed by atoms with Crippen LogP contribution in [-0.2, 0) is 10.9 Å². The molecule has 0 atom stereocenters. The molecule has 0 amide bonds. The fourth-order valence-electron chi connectivity index (χ4n) is 1.95. The number of nitrogens with zero attached hydrogens (tertiary/aromatic N) is 3. The van der Waals surface area contributed by atoms with Gasteiger partial charge in [0.15, 0.2) is 11.4 Å². The van der Waals surface area contributed by atoms with E-state index in [9.17, 15) is 18.0 Å². The van der Waals surface area contributed by atoms with Gasteiger partial charge in [0.1, 0.15) is 5.82 Å². The largest absolute Gasteiger partial charge is 0.461 e. The van der Waals surface area contributed by atoms with Gasteiger partial charge in [0.25, 0.3) is 0 Å². The van der Waals surface area contributed by atoms with E-state index in [-0.39, 0.29) is 18.1 Å². The van der Waals surface area contributed by atoms with E-state index >= 15 is 0 Å². The van der Waals surface area contributed by atoms with Gasteiger partial charge in [0.2, 0.25) is 0 Å². The van der Waals surface area contributed by atoms with Crippen LogP contribution >= 0.6 is 15.9 Å². The number of ether oxygens (including phenoxy) is 1.